The molecule has 0 unspecified atom stereocenters. The van der Waals surface area contributed by atoms with Crippen molar-refractivity contribution >= 4 is 23.0 Å². The largest absolute Gasteiger partial charge is 0.387 e. The van der Waals surface area contributed by atoms with E-state index >= 15 is 0 Å². The monoisotopic (exact) mass is 287 g/mol. The maximum Gasteiger partial charge on any atom is 0.387 e. The molecule has 106 valence electrons. The molecular weight excluding hydrogens is 282 g/mol. The van der Waals surface area contributed by atoms with Crippen LogP contribution in [0.2, 0.25) is 0 Å². The first-order valence-corrected chi connectivity index (χ1v) is 4.65. The van der Waals surface area contributed by atoms with E-state index in [9.17, 15) is 35.1 Å². The minimum absolute atomic E-state index is 0.416. The molecular formula is C8H5N3O9. The summed E-state index contributed by atoms with van der Waals surface area (Å²) in [5.41, 5.74) is -4.22. The van der Waals surface area contributed by atoms with Crippen LogP contribution < -0.4 is 0 Å². The van der Waals surface area contributed by atoms with Crippen LogP contribution in [0.25, 0.3) is 0 Å². The summed E-state index contributed by atoms with van der Waals surface area (Å²) in [6.45, 7) is 0. The van der Waals surface area contributed by atoms with Gasteiger partial charge in [0, 0.05) is 0 Å². The first-order chi connectivity index (χ1) is 9.29. The number of benzene rings is 1. The average molecular weight is 287 g/mol. The highest BCUT2D eigenvalue weighted by Gasteiger charge is 2.36. The SMILES string of the molecule is COOC(=O)c1c([N+](=O)[O-])cc([N+](=O)[O-])cc1[N+](=O)[O-]. The summed E-state index contributed by atoms with van der Waals surface area (Å²) in [6, 6.07) is 0.832. The molecule has 0 fully saturated rings. The standard InChI is InChI=1S/C8H5N3O9/c1-19-20-8(12)7-5(10(15)16)2-4(9(13)14)3-6(7)11(17)18/h2-3H,1H3. The molecule has 0 aliphatic rings. The van der Waals surface area contributed by atoms with Gasteiger partial charge < -0.3 is 0 Å². The molecule has 1 aromatic rings. The van der Waals surface area contributed by atoms with Gasteiger partial charge in [-0.05, 0) is 0 Å². The molecule has 0 aliphatic carbocycles. The number of carbonyl (C=O) groups excluding carboxylic acids is 1. The van der Waals surface area contributed by atoms with E-state index in [1.54, 1.807) is 0 Å². The van der Waals surface area contributed by atoms with Gasteiger partial charge in [0.15, 0.2) is 0 Å². The van der Waals surface area contributed by atoms with Crippen LogP contribution in [0, 0.1) is 30.3 Å². The van der Waals surface area contributed by atoms with E-state index in [-0.39, 0.29) is 0 Å². The van der Waals surface area contributed by atoms with Gasteiger partial charge in [-0.3, -0.25) is 35.2 Å². The highest BCUT2D eigenvalue weighted by molar-refractivity contribution is 5.98. The van der Waals surface area contributed by atoms with Crippen molar-refractivity contribution < 1.29 is 29.3 Å². The summed E-state index contributed by atoms with van der Waals surface area (Å²) in [7, 11) is 0.904. The number of nitro benzene ring substituents is 3. The van der Waals surface area contributed by atoms with Crippen LogP contribution in [0.4, 0.5) is 17.1 Å². The van der Waals surface area contributed by atoms with Crippen molar-refractivity contribution in [3.8, 4) is 0 Å². The third kappa shape index (κ3) is 2.81. The fourth-order valence-corrected chi connectivity index (χ4v) is 1.32. The Hall–Kier alpha value is -3.15. The third-order valence-corrected chi connectivity index (χ3v) is 2.05. The average Bonchev–Trinajstić information content (AvgIpc) is 2.36. The summed E-state index contributed by atoms with van der Waals surface area (Å²) in [5.74, 6) is -1.51. The molecule has 0 aromatic heterocycles. The van der Waals surface area contributed by atoms with Crippen LogP contribution in [-0.2, 0) is 9.78 Å². The summed E-state index contributed by atoms with van der Waals surface area (Å²) in [6.07, 6.45) is 0. The number of nitrogens with zero attached hydrogens (tertiary/aromatic N) is 3. The molecule has 0 N–H and O–H groups in total. The molecule has 12 heteroatoms. The van der Waals surface area contributed by atoms with Crippen molar-refractivity contribution in [3.63, 3.8) is 0 Å². The molecule has 0 spiro atoms. The fraction of sp³-hybridized carbons (Fsp3) is 0.125. The Morgan fingerprint density at radius 2 is 1.45 bits per heavy atom. The Morgan fingerprint density at radius 3 is 1.75 bits per heavy atom. The van der Waals surface area contributed by atoms with Crippen molar-refractivity contribution in [1.29, 1.82) is 0 Å². The van der Waals surface area contributed by atoms with Crippen LogP contribution in [0.3, 0.4) is 0 Å². The van der Waals surface area contributed by atoms with Crippen molar-refractivity contribution in [3.05, 3.63) is 48.0 Å². The Morgan fingerprint density at radius 1 is 1.00 bits per heavy atom. The lowest BCUT2D eigenvalue weighted by molar-refractivity contribution is -0.403. The molecule has 0 atom stereocenters. The number of rotatable bonds is 5. The molecule has 0 saturated carbocycles. The van der Waals surface area contributed by atoms with Gasteiger partial charge in [-0.15, -0.1) is 0 Å². The number of non-ortho nitro benzene ring substituents is 1. The van der Waals surface area contributed by atoms with E-state index in [1.165, 1.54) is 0 Å². The van der Waals surface area contributed by atoms with Crippen LogP contribution in [0.15, 0.2) is 12.1 Å². The van der Waals surface area contributed by atoms with Gasteiger partial charge in [-0.25, -0.2) is 4.79 Å². The minimum Gasteiger partial charge on any atom is -0.293 e. The zero-order chi connectivity index (χ0) is 15.4. The molecule has 0 aliphatic heterocycles. The van der Waals surface area contributed by atoms with E-state index in [0.717, 1.165) is 7.11 Å². The first kappa shape index (κ1) is 14.9. The molecule has 1 aromatic carbocycles. The molecule has 12 nitrogen and oxygen atoms in total. The molecule has 20 heavy (non-hydrogen) atoms. The van der Waals surface area contributed by atoms with Gasteiger partial charge in [0.25, 0.3) is 17.1 Å². The van der Waals surface area contributed by atoms with Crippen LogP contribution in [0.1, 0.15) is 10.4 Å². The number of hydrogen-bond donors (Lipinski definition) is 0. The molecule has 0 bridgehead atoms. The van der Waals surface area contributed by atoms with Crippen molar-refractivity contribution in [1.82, 2.24) is 0 Å². The first-order valence-electron chi connectivity index (χ1n) is 4.65. The zero-order valence-electron chi connectivity index (χ0n) is 9.67. The van der Waals surface area contributed by atoms with E-state index in [0.29, 0.717) is 12.1 Å². The van der Waals surface area contributed by atoms with Gasteiger partial charge in [-0.1, -0.05) is 0 Å². The van der Waals surface area contributed by atoms with E-state index in [4.69, 9.17) is 0 Å². The van der Waals surface area contributed by atoms with E-state index in [2.05, 4.69) is 9.78 Å². The molecule has 0 heterocycles. The maximum absolute atomic E-state index is 11.5. The van der Waals surface area contributed by atoms with Gasteiger partial charge >= 0.3 is 5.97 Å². The molecule has 0 amide bonds. The van der Waals surface area contributed by atoms with Crippen molar-refractivity contribution in [2.75, 3.05) is 7.11 Å². The lowest BCUT2D eigenvalue weighted by Gasteiger charge is -2.03. The Bertz CT molecular complexity index is 576. The van der Waals surface area contributed by atoms with Gasteiger partial charge in [0.05, 0.1) is 34.0 Å². The second-order valence-corrected chi connectivity index (χ2v) is 3.17. The summed E-state index contributed by atoms with van der Waals surface area (Å²) < 4.78 is 0. The predicted molar refractivity (Wildman–Crippen MR) is 58.8 cm³/mol. The number of carbonyl (C=O) groups is 1. The minimum atomic E-state index is -1.51. The second-order valence-electron chi connectivity index (χ2n) is 3.17. The van der Waals surface area contributed by atoms with Crippen LogP contribution in [0.5, 0.6) is 0 Å². The molecule has 0 saturated heterocycles. The number of nitro groups is 3. The topological polar surface area (TPSA) is 165 Å². The van der Waals surface area contributed by atoms with Gasteiger partial charge in [0.2, 0.25) is 5.56 Å². The Labute approximate surface area is 108 Å². The van der Waals surface area contributed by atoms with Gasteiger partial charge in [0.1, 0.15) is 0 Å². The lowest BCUT2D eigenvalue weighted by atomic mass is 10.1. The Balaban J connectivity index is 3.68. The summed E-state index contributed by atoms with van der Waals surface area (Å²) in [5, 5.41) is 32.2. The predicted octanol–water partition coefficient (Wildman–Crippen LogP) is 1.13. The Kier molecular flexibility index (Phi) is 4.22. The van der Waals surface area contributed by atoms with E-state index in [1.807, 2.05) is 0 Å². The highest BCUT2D eigenvalue weighted by atomic mass is 17.2. The second kappa shape index (κ2) is 5.66. The van der Waals surface area contributed by atoms with Crippen molar-refractivity contribution in [2.45, 2.75) is 0 Å². The zero-order valence-corrected chi connectivity index (χ0v) is 9.67. The highest BCUT2D eigenvalue weighted by Crippen LogP contribution is 2.34. The van der Waals surface area contributed by atoms with Crippen LogP contribution in [-0.4, -0.2) is 27.8 Å². The fourth-order valence-electron chi connectivity index (χ4n) is 1.32. The quantitative estimate of drug-likeness (QED) is 0.438. The van der Waals surface area contributed by atoms with Crippen molar-refractivity contribution in [2.24, 2.45) is 0 Å². The summed E-state index contributed by atoms with van der Waals surface area (Å²) in [4.78, 5) is 48.2. The summed E-state index contributed by atoms with van der Waals surface area (Å²) >= 11 is 0. The van der Waals surface area contributed by atoms with E-state index < -0.39 is 43.4 Å². The smallest absolute Gasteiger partial charge is 0.293 e. The molecule has 1 rings (SSSR count). The number of hydrogen-bond acceptors (Lipinski definition) is 9. The lowest BCUT2D eigenvalue weighted by Crippen LogP contribution is -2.11. The maximum atomic E-state index is 11.5. The van der Waals surface area contributed by atoms with Crippen LogP contribution >= 0.6 is 0 Å². The normalized spacial score (nSPS) is 9.85. The molecule has 0 radical (unpaired) electrons. The third-order valence-electron chi connectivity index (χ3n) is 2.05. The van der Waals surface area contributed by atoms with Gasteiger partial charge in [-0.2, -0.15) is 4.89 Å².